The minimum Gasteiger partial charge on any atom is -0.380 e. The van der Waals surface area contributed by atoms with E-state index >= 15 is 0 Å². The van der Waals surface area contributed by atoms with Crippen LogP contribution in [0.2, 0.25) is 0 Å². The smallest absolute Gasteiger partial charge is 0.0706 e. The Morgan fingerprint density at radius 3 is 2.56 bits per heavy atom. The molecule has 1 saturated carbocycles. The highest BCUT2D eigenvalue weighted by molar-refractivity contribution is 5.23. The molecule has 0 unspecified atom stereocenters. The van der Waals surface area contributed by atoms with E-state index in [0.717, 1.165) is 58.3 Å². The molecule has 1 aromatic rings. The van der Waals surface area contributed by atoms with E-state index in [1.54, 1.807) is 0 Å². The molecule has 1 N–H and O–H groups in total. The Hall–Kier alpha value is -0.940. The maximum Gasteiger partial charge on any atom is 0.0706 e. The summed E-state index contributed by atoms with van der Waals surface area (Å²) < 4.78 is 11.9. The molecule has 3 fully saturated rings. The van der Waals surface area contributed by atoms with Crippen LogP contribution in [-0.4, -0.2) is 56.0 Å². The lowest BCUT2D eigenvalue weighted by Gasteiger charge is -2.23. The van der Waals surface area contributed by atoms with Gasteiger partial charge in [-0.15, -0.1) is 0 Å². The summed E-state index contributed by atoms with van der Waals surface area (Å²) in [4.78, 5) is 2.52. The summed E-state index contributed by atoms with van der Waals surface area (Å²) in [5.41, 5.74) is 2.80. The molecule has 0 radical (unpaired) electrons. The molecular formula is C21H32N2O2. The van der Waals surface area contributed by atoms with E-state index in [0.29, 0.717) is 12.2 Å². The zero-order valence-corrected chi connectivity index (χ0v) is 15.3. The molecule has 1 aromatic carbocycles. The molecule has 2 atom stereocenters. The standard InChI is InChI=1S/C21H32N2O2/c1-10-23(11-13-24-12-1)16-21-9-8-20(25-21)14-17-2-4-18(5-3-17)15-22-19-6-7-19/h2-5,19-22H,1,6-16H2/t20-,21+/m0/s1. The highest BCUT2D eigenvalue weighted by Crippen LogP contribution is 2.24. The maximum atomic E-state index is 6.33. The van der Waals surface area contributed by atoms with Gasteiger partial charge in [0.25, 0.3) is 0 Å². The lowest BCUT2D eigenvalue weighted by Crippen LogP contribution is -2.34. The van der Waals surface area contributed by atoms with Crippen molar-refractivity contribution in [3.63, 3.8) is 0 Å². The zero-order valence-electron chi connectivity index (χ0n) is 15.3. The average molecular weight is 344 g/mol. The van der Waals surface area contributed by atoms with Crippen LogP contribution in [0.4, 0.5) is 0 Å². The van der Waals surface area contributed by atoms with Crippen LogP contribution in [-0.2, 0) is 22.4 Å². The van der Waals surface area contributed by atoms with Gasteiger partial charge < -0.3 is 14.8 Å². The average Bonchev–Trinajstić information content (AvgIpc) is 3.40. The number of rotatable bonds is 7. The fraction of sp³-hybridized carbons (Fsp3) is 0.714. The fourth-order valence-electron chi connectivity index (χ4n) is 3.94. The van der Waals surface area contributed by atoms with Crippen molar-refractivity contribution in [2.24, 2.45) is 0 Å². The van der Waals surface area contributed by atoms with Gasteiger partial charge >= 0.3 is 0 Å². The van der Waals surface area contributed by atoms with Crippen molar-refractivity contribution in [1.29, 1.82) is 0 Å². The van der Waals surface area contributed by atoms with E-state index in [-0.39, 0.29) is 0 Å². The fourth-order valence-corrected chi connectivity index (χ4v) is 3.94. The second kappa shape index (κ2) is 8.63. The number of nitrogens with zero attached hydrogens (tertiary/aromatic N) is 1. The quantitative estimate of drug-likeness (QED) is 0.825. The van der Waals surface area contributed by atoms with Crippen molar-refractivity contribution < 1.29 is 9.47 Å². The third kappa shape index (κ3) is 5.52. The van der Waals surface area contributed by atoms with Crippen molar-refractivity contribution in [2.45, 2.75) is 63.3 Å². The summed E-state index contributed by atoms with van der Waals surface area (Å²) in [6, 6.07) is 9.89. The normalized spacial score (nSPS) is 28.2. The van der Waals surface area contributed by atoms with Crippen molar-refractivity contribution in [1.82, 2.24) is 10.2 Å². The van der Waals surface area contributed by atoms with Gasteiger partial charge in [0.1, 0.15) is 0 Å². The molecule has 4 rings (SSSR count). The first-order valence-electron chi connectivity index (χ1n) is 10.1. The van der Waals surface area contributed by atoms with Crippen LogP contribution in [0.15, 0.2) is 24.3 Å². The van der Waals surface area contributed by atoms with Crippen molar-refractivity contribution >= 4 is 0 Å². The first kappa shape index (κ1) is 17.5. The largest absolute Gasteiger partial charge is 0.380 e. The Bertz CT molecular complexity index is 521. The molecule has 0 spiro atoms. The Morgan fingerprint density at radius 2 is 1.72 bits per heavy atom. The Labute approximate surface area is 151 Å². The molecule has 2 saturated heterocycles. The van der Waals surface area contributed by atoms with Gasteiger partial charge in [0.05, 0.1) is 18.8 Å². The first-order valence-corrected chi connectivity index (χ1v) is 10.1. The maximum absolute atomic E-state index is 6.33. The lowest BCUT2D eigenvalue weighted by molar-refractivity contribution is 0.0228. The summed E-state index contributed by atoms with van der Waals surface area (Å²) in [7, 11) is 0. The second-order valence-electron chi connectivity index (χ2n) is 7.90. The van der Waals surface area contributed by atoms with Crippen molar-refractivity contribution in [3.8, 4) is 0 Å². The summed E-state index contributed by atoms with van der Waals surface area (Å²) in [6.07, 6.45) is 8.10. The SMILES string of the molecule is c1cc(C[C@@H]2CC[C@H](CN3CCCOCC3)O2)ccc1CNC1CC1. The van der Waals surface area contributed by atoms with Crippen LogP contribution in [0.3, 0.4) is 0 Å². The second-order valence-corrected chi connectivity index (χ2v) is 7.90. The monoisotopic (exact) mass is 344 g/mol. The molecule has 0 aromatic heterocycles. The van der Waals surface area contributed by atoms with E-state index in [9.17, 15) is 0 Å². The highest BCUT2D eigenvalue weighted by Gasteiger charge is 2.27. The van der Waals surface area contributed by atoms with E-state index in [2.05, 4.69) is 34.5 Å². The molecule has 4 heteroatoms. The Balaban J connectivity index is 1.20. The Morgan fingerprint density at radius 1 is 0.920 bits per heavy atom. The number of ether oxygens (including phenoxy) is 2. The molecule has 0 bridgehead atoms. The van der Waals surface area contributed by atoms with Gasteiger partial charge in [-0.3, -0.25) is 4.90 Å². The zero-order chi connectivity index (χ0) is 16.9. The van der Waals surface area contributed by atoms with Gasteiger partial charge in [-0.2, -0.15) is 0 Å². The van der Waals surface area contributed by atoms with Crippen LogP contribution in [0.25, 0.3) is 0 Å². The number of hydrogen-bond acceptors (Lipinski definition) is 4. The molecule has 2 aliphatic heterocycles. The van der Waals surface area contributed by atoms with Gasteiger partial charge in [0.15, 0.2) is 0 Å². The molecule has 138 valence electrons. The van der Waals surface area contributed by atoms with Gasteiger partial charge in [0.2, 0.25) is 0 Å². The van der Waals surface area contributed by atoms with Gasteiger partial charge in [-0.1, -0.05) is 24.3 Å². The van der Waals surface area contributed by atoms with Crippen LogP contribution >= 0.6 is 0 Å². The van der Waals surface area contributed by atoms with Crippen LogP contribution in [0.1, 0.15) is 43.2 Å². The molecule has 1 aliphatic carbocycles. The van der Waals surface area contributed by atoms with E-state index < -0.39 is 0 Å². The van der Waals surface area contributed by atoms with E-state index in [1.165, 1.54) is 36.8 Å². The minimum absolute atomic E-state index is 0.392. The van der Waals surface area contributed by atoms with E-state index in [1.807, 2.05) is 0 Å². The molecule has 4 nitrogen and oxygen atoms in total. The van der Waals surface area contributed by atoms with Crippen molar-refractivity contribution in [2.75, 3.05) is 32.8 Å². The molecule has 3 aliphatic rings. The van der Waals surface area contributed by atoms with Crippen LogP contribution in [0, 0.1) is 0 Å². The van der Waals surface area contributed by atoms with Crippen LogP contribution < -0.4 is 5.32 Å². The molecule has 2 heterocycles. The summed E-state index contributed by atoms with van der Waals surface area (Å²) >= 11 is 0. The van der Waals surface area contributed by atoms with Crippen LogP contribution in [0.5, 0.6) is 0 Å². The number of hydrogen-bond donors (Lipinski definition) is 1. The lowest BCUT2D eigenvalue weighted by atomic mass is 10.0. The third-order valence-electron chi connectivity index (χ3n) is 5.63. The summed E-state index contributed by atoms with van der Waals surface area (Å²) in [5.74, 6) is 0. The molecule has 25 heavy (non-hydrogen) atoms. The summed E-state index contributed by atoms with van der Waals surface area (Å²) in [6.45, 7) is 6.08. The van der Waals surface area contributed by atoms with E-state index in [4.69, 9.17) is 9.47 Å². The van der Waals surface area contributed by atoms with Gasteiger partial charge in [0, 0.05) is 38.8 Å². The summed E-state index contributed by atoms with van der Waals surface area (Å²) in [5, 5.41) is 3.58. The predicted octanol–water partition coefficient (Wildman–Crippen LogP) is 2.75. The first-order chi connectivity index (χ1) is 12.3. The van der Waals surface area contributed by atoms with Crippen molar-refractivity contribution in [3.05, 3.63) is 35.4 Å². The predicted molar refractivity (Wildman–Crippen MR) is 99.8 cm³/mol. The number of benzene rings is 1. The molecule has 0 amide bonds. The molecular weight excluding hydrogens is 312 g/mol. The highest BCUT2D eigenvalue weighted by atomic mass is 16.5. The topological polar surface area (TPSA) is 33.7 Å². The minimum atomic E-state index is 0.392. The van der Waals surface area contributed by atoms with Gasteiger partial charge in [-0.25, -0.2) is 0 Å². The Kier molecular flexibility index (Phi) is 6.03. The van der Waals surface area contributed by atoms with Gasteiger partial charge in [-0.05, 0) is 49.7 Å². The third-order valence-corrected chi connectivity index (χ3v) is 5.63. The number of nitrogens with one attached hydrogen (secondary N) is 1.